The van der Waals surface area contributed by atoms with Gasteiger partial charge in [0.25, 0.3) is 0 Å². The predicted molar refractivity (Wildman–Crippen MR) is 100 cm³/mol. The second-order valence-electron chi connectivity index (χ2n) is 6.31. The van der Waals surface area contributed by atoms with Crippen LogP contribution in [-0.4, -0.2) is 21.7 Å². The second-order valence-corrected chi connectivity index (χ2v) is 6.31. The molecule has 1 unspecified atom stereocenters. The van der Waals surface area contributed by atoms with Gasteiger partial charge in [0.1, 0.15) is 6.33 Å². The lowest BCUT2D eigenvalue weighted by Crippen LogP contribution is -2.45. The van der Waals surface area contributed by atoms with Crippen molar-refractivity contribution in [2.75, 3.05) is 6.54 Å². The molecule has 4 aromatic rings. The van der Waals surface area contributed by atoms with Gasteiger partial charge in [-0.05, 0) is 30.7 Å². The number of rotatable bonds is 4. The molecule has 1 atom stereocenters. The summed E-state index contributed by atoms with van der Waals surface area (Å²) in [7, 11) is 0. The van der Waals surface area contributed by atoms with Crippen LogP contribution in [0.15, 0.2) is 65.4 Å². The van der Waals surface area contributed by atoms with Gasteiger partial charge in [-0.3, -0.25) is 0 Å². The fourth-order valence-electron chi connectivity index (χ4n) is 3.09. The number of benzene rings is 2. The number of nitrogens with two attached hydrogens (primary N) is 2. The van der Waals surface area contributed by atoms with Crippen molar-refractivity contribution in [2.45, 2.75) is 12.5 Å². The molecular formula is C20H19N5O. The quantitative estimate of drug-likeness (QED) is 0.589. The first-order chi connectivity index (χ1) is 12.6. The Morgan fingerprint density at radius 3 is 2.62 bits per heavy atom. The Kier molecular flexibility index (Phi) is 3.99. The minimum Gasteiger partial charge on any atom is -0.356 e. The molecule has 0 amide bonds. The Morgan fingerprint density at radius 1 is 1.04 bits per heavy atom. The standard InChI is InChI=1S/C20H19N5O/c1-13-16-8-7-14(9-18(16)26-25-13)17-10-19(24-12-23-17)20(22,11-21)15-5-3-2-4-6-15/h2-10,12H,11,21-22H2,1H3. The number of nitrogens with zero attached hydrogens (tertiary/aromatic N) is 3. The molecule has 0 saturated heterocycles. The number of aromatic nitrogens is 3. The van der Waals surface area contributed by atoms with Gasteiger partial charge in [-0.2, -0.15) is 0 Å². The number of aryl methyl sites for hydroxylation is 1. The maximum Gasteiger partial charge on any atom is 0.167 e. The lowest BCUT2D eigenvalue weighted by atomic mass is 9.87. The number of hydrogen-bond acceptors (Lipinski definition) is 6. The monoisotopic (exact) mass is 345 g/mol. The van der Waals surface area contributed by atoms with Gasteiger partial charge in [-0.15, -0.1) is 0 Å². The average Bonchev–Trinajstić information content (AvgIpc) is 3.08. The van der Waals surface area contributed by atoms with Gasteiger partial charge in [-0.1, -0.05) is 41.6 Å². The summed E-state index contributed by atoms with van der Waals surface area (Å²) in [6, 6.07) is 17.5. The predicted octanol–water partition coefficient (Wildman–Crippen LogP) is 2.75. The Bertz CT molecular complexity index is 1060. The molecule has 0 saturated carbocycles. The Morgan fingerprint density at radius 2 is 1.85 bits per heavy atom. The van der Waals surface area contributed by atoms with Crippen LogP contribution in [0.5, 0.6) is 0 Å². The van der Waals surface area contributed by atoms with E-state index in [0.717, 1.165) is 33.5 Å². The van der Waals surface area contributed by atoms with Crippen LogP contribution in [0.1, 0.15) is 17.0 Å². The third-order valence-electron chi connectivity index (χ3n) is 4.68. The zero-order valence-electron chi connectivity index (χ0n) is 14.4. The molecule has 0 spiro atoms. The first-order valence-electron chi connectivity index (χ1n) is 8.35. The third-order valence-corrected chi connectivity index (χ3v) is 4.68. The molecule has 2 aromatic heterocycles. The van der Waals surface area contributed by atoms with E-state index in [1.54, 1.807) is 0 Å². The Balaban J connectivity index is 1.80. The van der Waals surface area contributed by atoms with Crippen molar-refractivity contribution in [3.8, 4) is 11.3 Å². The van der Waals surface area contributed by atoms with Crippen LogP contribution in [0.25, 0.3) is 22.2 Å². The highest BCUT2D eigenvalue weighted by molar-refractivity contribution is 5.83. The number of hydrogen-bond donors (Lipinski definition) is 2. The van der Waals surface area contributed by atoms with Crippen LogP contribution >= 0.6 is 0 Å². The van der Waals surface area contributed by atoms with Crippen LogP contribution in [0.4, 0.5) is 0 Å². The highest BCUT2D eigenvalue weighted by Crippen LogP contribution is 2.29. The van der Waals surface area contributed by atoms with Crippen molar-refractivity contribution < 1.29 is 4.52 Å². The Hall–Kier alpha value is -3.09. The molecular weight excluding hydrogens is 326 g/mol. The molecule has 0 bridgehead atoms. The third kappa shape index (κ3) is 2.65. The van der Waals surface area contributed by atoms with Crippen LogP contribution in [0.3, 0.4) is 0 Å². The molecule has 0 aliphatic carbocycles. The maximum absolute atomic E-state index is 6.64. The van der Waals surface area contributed by atoms with E-state index in [9.17, 15) is 0 Å². The molecule has 2 aromatic carbocycles. The van der Waals surface area contributed by atoms with Gasteiger partial charge in [0, 0.05) is 17.5 Å². The highest BCUT2D eigenvalue weighted by atomic mass is 16.5. The van der Waals surface area contributed by atoms with E-state index in [-0.39, 0.29) is 6.54 Å². The van der Waals surface area contributed by atoms with E-state index >= 15 is 0 Å². The molecule has 0 aliphatic rings. The van der Waals surface area contributed by atoms with Crippen molar-refractivity contribution in [3.63, 3.8) is 0 Å². The Labute approximate surface area is 150 Å². The summed E-state index contributed by atoms with van der Waals surface area (Å²) in [6.07, 6.45) is 1.51. The summed E-state index contributed by atoms with van der Waals surface area (Å²) < 4.78 is 5.36. The molecule has 0 fully saturated rings. The summed E-state index contributed by atoms with van der Waals surface area (Å²) in [6.45, 7) is 2.14. The lowest BCUT2D eigenvalue weighted by molar-refractivity contribution is 0.450. The van der Waals surface area contributed by atoms with Crippen molar-refractivity contribution in [3.05, 3.63) is 77.9 Å². The van der Waals surface area contributed by atoms with Gasteiger partial charge in [-0.25, -0.2) is 9.97 Å². The van der Waals surface area contributed by atoms with Crippen LogP contribution in [0.2, 0.25) is 0 Å². The smallest absolute Gasteiger partial charge is 0.167 e. The largest absolute Gasteiger partial charge is 0.356 e. The second kappa shape index (κ2) is 6.33. The van der Waals surface area contributed by atoms with Gasteiger partial charge in [0.05, 0.1) is 22.6 Å². The first-order valence-corrected chi connectivity index (χ1v) is 8.35. The SMILES string of the molecule is Cc1noc2cc(-c3cc(C(N)(CN)c4ccccc4)ncn3)ccc12. The zero-order chi connectivity index (χ0) is 18.1. The summed E-state index contributed by atoms with van der Waals surface area (Å²) in [4.78, 5) is 8.79. The molecule has 6 nitrogen and oxygen atoms in total. The topological polar surface area (TPSA) is 104 Å². The lowest BCUT2D eigenvalue weighted by Gasteiger charge is -2.28. The molecule has 0 radical (unpaired) electrons. The van der Waals surface area contributed by atoms with E-state index < -0.39 is 5.54 Å². The van der Waals surface area contributed by atoms with Crippen molar-refractivity contribution in [1.29, 1.82) is 0 Å². The fourth-order valence-corrected chi connectivity index (χ4v) is 3.09. The highest BCUT2D eigenvalue weighted by Gasteiger charge is 2.30. The zero-order valence-corrected chi connectivity index (χ0v) is 14.4. The average molecular weight is 345 g/mol. The van der Waals surface area contributed by atoms with Crippen molar-refractivity contribution >= 4 is 11.0 Å². The summed E-state index contributed by atoms with van der Waals surface area (Å²) in [5.74, 6) is 0. The first kappa shape index (κ1) is 16.4. The van der Waals surface area contributed by atoms with E-state index in [4.69, 9.17) is 16.0 Å². The van der Waals surface area contributed by atoms with Gasteiger partial charge in [0.2, 0.25) is 0 Å². The van der Waals surface area contributed by atoms with E-state index in [0.29, 0.717) is 5.69 Å². The van der Waals surface area contributed by atoms with E-state index in [2.05, 4.69) is 15.1 Å². The van der Waals surface area contributed by atoms with Crippen molar-refractivity contribution in [2.24, 2.45) is 11.5 Å². The van der Waals surface area contributed by atoms with Crippen molar-refractivity contribution in [1.82, 2.24) is 15.1 Å². The summed E-state index contributed by atoms with van der Waals surface area (Å²) in [5, 5.41) is 4.98. The van der Waals surface area contributed by atoms with Crippen LogP contribution in [0, 0.1) is 6.92 Å². The molecule has 6 heteroatoms. The van der Waals surface area contributed by atoms with Gasteiger partial charge >= 0.3 is 0 Å². The molecule has 4 N–H and O–H groups in total. The molecule has 4 rings (SSSR count). The molecule has 2 heterocycles. The minimum atomic E-state index is -0.883. The molecule has 130 valence electrons. The normalized spacial score (nSPS) is 13.7. The number of fused-ring (bicyclic) bond motifs is 1. The summed E-state index contributed by atoms with van der Waals surface area (Å²) in [5.41, 5.74) is 16.6. The van der Waals surface area contributed by atoms with Gasteiger partial charge in [0.15, 0.2) is 5.58 Å². The molecule has 0 aliphatic heterocycles. The summed E-state index contributed by atoms with van der Waals surface area (Å²) >= 11 is 0. The van der Waals surface area contributed by atoms with Gasteiger partial charge < -0.3 is 16.0 Å². The minimum absolute atomic E-state index is 0.230. The fraction of sp³-hybridized carbons (Fsp3) is 0.150. The van der Waals surface area contributed by atoms with E-state index in [1.807, 2.05) is 61.5 Å². The molecule has 26 heavy (non-hydrogen) atoms. The maximum atomic E-state index is 6.64. The van der Waals surface area contributed by atoms with E-state index in [1.165, 1.54) is 6.33 Å². The van der Waals surface area contributed by atoms with Crippen LogP contribution < -0.4 is 11.5 Å². The van der Waals surface area contributed by atoms with Crippen LogP contribution in [-0.2, 0) is 5.54 Å².